The van der Waals surface area contributed by atoms with Gasteiger partial charge in [-0.1, -0.05) is 11.6 Å². The molecule has 2 rings (SSSR count). The van der Waals surface area contributed by atoms with Crippen LogP contribution in [0.15, 0.2) is 48.2 Å². The van der Waals surface area contributed by atoms with Crippen molar-refractivity contribution in [2.75, 3.05) is 17.7 Å². The zero-order valence-electron chi connectivity index (χ0n) is 13.6. The van der Waals surface area contributed by atoms with Gasteiger partial charge in [0.25, 0.3) is 5.91 Å². The van der Waals surface area contributed by atoms with Gasteiger partial charge in [0.05, 0.1) is 12.8 Å². The van der Waals surface area contributed by atoms with Gasteiger partial charge in [0, 0.05) is 23.0 Å². The van der Waals surface area contributed by atoms with E-state index in [1.165, 1.54) is 37.6 Å². The maximum absolute atomic E-state index is 12.2. The van der Waals surface area contributed by atoms with Crippen molar-refractivity contribution in [1.29, 1.82) is 5.26 Å². The van der Waals surface area contributed by atoms with Crippen LogP contribution in [-0.4, -0.2) is 18.1 Å². The molecule has 0 aliphatic rings. The molecule has 128 valence electrons. The lowest BCUT2D eigenvalue weighted by atomic mass is 10.2. The van der Waals surface area contributed by atoms with Crippen LogP contribution in [0.2, 0.25) is 5.02 Å². The Hall–Kier alpha value is -3.17. The predicted octanol–water partition coefficient (Wildman–Crippen LogP) is 3.82. The number of benzene rings is 2. The van der Waals surface area contributed by atoms with Crippen molar-refractivity contribution in [3.05, 3.63) is 58.8 Å². The quantitative estimate of drug-likeness (QED) is 0.429. The number of methoxy groups -OCH3 is 1. The number of aryl methyl sites for hydroxylation is 1. The number of carbonyl (C=O) groups is 1. The van der Waals surface area contributed by atoms with Crippen molar-refractivity contribution >= 4 is 28.9 Å². The molecule has 0 aliphatic heterocycles. The first-order valence-corrected chi connectivity index (χ1v) is 7.63. The fraction of sp³-hybridized carbons (Fsp3) is 0.111. The van der Waals surface area contributed by atoms with Gasteiger partial charge in [-0.3, -0.25) is 4.79 Å². The van der Waals surface area contributed by atoms with Gasteiger partial charge in [-0.2, -0.15) is 5.26 Å². The van der Waals surface area contributed by atoms with Gasteiger partial charge in [0.2, 0.25) is 0 Å². The molecule has 0 spiro atoms. The number of hydrogen-bond acceptors (Lipinski definition) is 5. The van der Waals surface area contributed by atoms with Crippen molar-refractivity contribution in [2.45, 2.75) is 6.92 Å². The molecule has 0 bridgehead atoms. The molecule has 0 heterocycles. The molecule has 0 saturated carbocycles. The molecule has 0 saturated heterocycles. The second-order valence-electron chi connectivity index (χ2n) is 5.12. The normalized spacial score (nSPS) is 10.7. The Morgan fingerprint density at radius 1 is 1.32 bits per heavy atom. The fourth-order valence-corrected chi connectivity index (χ4v) is 2.14. The van der Waals surface area contributed by atoms with E-state index in [0.717, 1.165) is 5.56 Å². The maximum atomic E-state index is 12.2. The van der Waals surface area contributed by atoms with E-state index in [9.17, 15) is 15.2 Å². The minimum absolute atomic E-state index is 0.0842. The monoisotopic (exact) mass is 357 g/mol. The zero-order valence-corrected chi connectivity index (χ0v) is 14.4. The molecule has 2 aromatic rings. The third-order valence-electron chi connectivity index (χ3n) is 3.34. The van der Waals surface area contributed by atoms with Crippen LogP contribution in [0.4, 0.5) is 11.4 Å². The van der Waals surface area contributed by atoms with Crippen LogP contribution in [0.5, 0.6) is 11.5 Å². The molecule has 25 heavy (non-hydrogen) atoms. The number of phenolic OH excluding ortho intramolecular Hbond substituents is 1. The standard InChI is InChI=1S/C18H16ClN3O3/c1-11-7-16(17(25-2)8-15(11)19)21-10-12(9-20)18(24)22-13-3-5-14(23)6-4-13/h3-8,10,21,23H,1-2H3,(H,22,24)/b12-10-. The van der Waals surface area contributed by atoms with Gasteiger partial charge in [0.15, 0.2) is 0 Å². The number of amides is 1. The molecule has 0 radical (unpaired) electrons. The summed E-state index contributed by atoms with van der Waals surface area (Å²) in [5.41, 5.74) is 1.74. The first-order chi connectivity index (χ1) is 11.9. The molecule has 0 aliphatic carbocycles. The maximum Gasteiger partial charge on any atom is 0.267 e. The first-order valence-electron chi connectivity index (χ1n) is 7.26. The van der Waals surface area contributed by atoms with Gasteiger partial charge < -0.3 is 20.5 Å². The van der Waals surface area contributed by atoms with Gasteiger partial charge in [-0.25, -0.2) is 0 Å². The Kier molecular flexibility index (Phi) is 5.88. The fourth-order valence-electron chi connectivity index (χ4n) is 1.99. The van der Waals surface area contributed by atoms with Gasteiger partial charge in [0.1, 0.15) is 23.1 Å². The van der Waals surface area contributed by atoms with Crippen LogP contribution < -0.4 is 15.4 Å². The van der Waals surface area contributed by atoms with Crippen molar-refractivity contribution in [1.82, 2.24) is 0 Å². The highest BCUT2D eigenvalue weighted by molar-refractivity contribution is 6.31. The largest absolute Gasteiger partial charge is 0.508 e. The molecule has 6 nitrogen and oxygen atoms in total. The Morgan fingerprint density at radius 2 is 2.00 bits per heavy atom. The Morgan fingerprint density at radius 3 is 2.60 bits per heavy atom. The lowest BCUT2D eigenvalue weighted by Crippen LogP contribution is -2.14. The van der Waals surface area contributed by atoms with E-state index in [-0.39, 0.29) is 11.3 Å². The van der Waals surface area contributed by atoms with Crippen LogP contribution in [0.3, 0.4) is 0 Å². The molecule has 3 N–H and O–H groups in total. The molecule has 0 unspecified atom stereocenters. The second kappa shape index (κ2) is 8.08. The molecular weight excluding hydrogens is 342 g/mol. The number of rotatable bonds is 5. The Balaban J connectivity index is 2.17. The van der Waals surface area contributed by atoms with Crippen molar-refractivity contribution in [2.24, 2.45) is 0 Å². The molecule has 0 fully saturated rings. The number of aromatic hydroxyl groups is 1. The number of hydrogen-bond donors (Lipinski definition) is 3. The van der Waals surface area contributed by atoms with Crippen molar-refractivity contribution in [3.8, 4) is 17.6 Å². The number of anilines is 2. The van der Waals surface area contributed by atoms with Crippen molar-refractivity contribution < 1.29 is 14.6 Å². The van der Waals surface area contributed by atoms with Gasteiger partial charge in [-0.15, -0.1) is 0 Å². The topological polar surface area (TPSA) is 94.4 Å². The number of ether oxygens (including phenoxy) is 1. The SMILES string of the molecule is COc1cc(Cl)c(C)cc1N/C=C(/C#N)C(=O)Nc1ccc(O)cc1. The summed E-state index contributed by atoms with van der Waals surface area (Å²) in [7, 11) is 1.50. The predicted molar refractivity (Wildman–Crippen MR) is 96.8 cm³/mol. The lowest BCUT2D eigenvalue weighted by molar-refractivity contribution is -0.112. The van der Waals surface area contributed by atoms with Gasteiger partial charge >= 0.3 is 0 Å². The number of carbonyl (C=O) groups excluding carboxylic acids is 1. The van der Waals surface area contributed by atoms with Crippen LogP contribution >= 0.6 is 11.6 Å². The summed E-state index contributed by atoms with van der Waals surface area (Å²) in [4.78, 5) is 12.2. The number of nitrogens with one attached hydrogen (secondary N) is 2. The van der Waals surface area contributed by atoms with E-state index in [1.54, 1.807) is 12.1 Å². The minimum Gasteiger partial charge on any atom is -0.508 e. The zero-order chi connectivity index (χ0) is 18.4. The molecule has 7 heteroatoms. The Bertz CT molecular complexity index is 855. The van der Waals surface area contributed by atoms with E-state index in [2.05, 4.69) is 10.6 Å². The van der Waals surface area contributed by atoms with E-state index >= 15 is 0 Å². The molecule has 0 aromatic heterocycles. The first kappa shape index (κ1) is 18.2. The highest BCUT2D eigenvalue weighted by atomic mass is 35.5. The minimum atomic E-state index is -0.578. The Labute approximate surface area is 150 Å². The summed E-state index contributed by atoms with van der Waals surface area (Å²) < 4.78 is 5.23. The third kappa shape index (κ3) is 4.66. The molecular formula is C18H16ClN3O3. The van der Waals surface area contributed by atoms with Crippen LogP contribution in [-0.2, 0) is 4.79 Å². The second-order valence-corrected chi connectivity index (χ2v) is 5.52. The van der Waals surface area contributed by atoms with E-state index in [1.807, 2.05) is 13.0 Å². The number of nitriles is 1. The summed E-state index contributed by atoms with van der Waals surface area (Å²) in [6, 6.07) is 11.2. The molecule has 1 amide bonds. The smallest absolute Gasteiger partial charge is 0.267 e. The van der Waals surface area contributed by atoms with Crippen LogP contribution in [0.25, 0.3) is 0 Å². The highest BCUT2D eigenvalue weighted by Gasteiger charge is 2.11. The summed E-state index contributed by atoms with van der Waals surface area (Å²) in [5, 5.41) is 24.5. The van der Waals surface area contributed by atoms with Gasteiger partial charge in [-0.05, 0) is 42.8 Å². The summed E-state index contributed by atoms with van der Waals surface area (Å²) in [6.07, 6.45) is 1.29. The van der Waals surface area contributed by atoms with Crippen LogP contribution in [0, 0.1) is 18.3 Å². The van der Waals surface area contributed by atoms with E-state index in [4.69, 9.17) is 16.3 Å². The number of halogens is 1. The van der Waals surface area contributed by atoms with Crippen LogP contribution in [0.1, 0.15) is 5.56 Å². The summed E-state index contributed by atoms with van der Waals surface area (Å²) in [5.74, 6) is -0.00524. The molecule has 2 aromatic carbocycles. The average molecular weight is 358 g/mol. The third-order valence-corrected chi connectivity index (χ3v) is 3.75. The lowest BCUT2D eigenvalue weighted by Gasteiger charge is -2.11. The average Bonchev–Trinajstić information content (AvgIpc) is 2.60. The highest BCUT2D eigenvalue weighted by Crippen LogP contribution is 2.31. The molecule has 0 atom stereocenters. The number of nitrogens with zero attached hydrogens (tertiary/aromatic N) is 1. The van der Waals surface area contributed by atoms with E-state index in [0.29, 0.717) is 22.1 Å². The summed E-state index contributed by atoms with van der Waals surface area (Å²) >= 11 is 6.05. The number of phenols is 1. The van der Waals surface area contributed by atoms with Crippen molar-refractivity contribution in [3.63, 3.8) is 0 Å². The summed E-state index contributed by atoms with van der Waals surface area (Å²) in [6.45, 7) is 1.83. The van der Waals surface area contributed by atoms with E-state index < -0.39 is 5.91 Å².